The first-order valence-corrected chi connectivity index (χ1v) is 7.68. The minimum atomic E-state index is -0.870. The number of nitrogen functional groups attached to an aromatic ring is 1. The van der Waals surface area contributed by atoms with Gasteiger partial charge in [0.25, 0.3) is 0 Å². The van der Waals surface area contributed by atoms with Crippen molar-refractivity contribution in [3.63, 3.8) is 0 Å². The minimum Gasteiger partial charge on any atom is -0.493 e. The molecule has 100 valence electrons. The molecule has 2 atom stereocenters. The smallest absolute Gasteiger partial charge is 0.121 e. The van der Waals surface area contributed by atoms with Crippen LogP contribution in [-0.4, -0.2) is 35.0 Å². The second kappa shape index (κ2) is 6.75. The first-order valence-electron chi connectivity index (χ1n) is 6.19. The van der Waals surface area contributed by atoms with Crippen LogP contribution in [0.2, 0.25) is 0 Å². The van der Waals surface area contributed by atoms with Crippen molar-refractivity contribution < 1.29 is 13.7 Å². The van der Waals surface area contributed by atoms with Crippen LogP contribution in [-0.2, 0) is 15.5 Å². The third kappa shape index (κ3) is 4.31. The highest BCUT2D eigenvalue weighted by molar-refractivity contribution is 7.85. The molecule has 0 aromatic heterocycles. The third-order valence-electron chi connectivity index (χ3n) is 2.83. The third-order valence-corrected chi connectivity index (χ3v) is 4.20. The Morgan fingerprint density at radius 3 is 3.11 bits per heavy atom. The molecule has 0 spiro atoms. The second-order valence-corrected chi connectivity index (χ2v) is 5.99. The standard InChI is InChI=1S/C13H19NO3S/c14-11-3-1-4-12(9-11)17-7-8-18(15)10-13-5-2-6-16-13/h1,3-4,9,13H,2,5-8,10,14H2. The maximum Gasteiger partial charge on any atom is 0.121 e. The summed E-state index contributed by atoms with van der Waals surface area (Å²) in [5.74, 6) is 1.89. The lowest BCUT2D eigenvalue weighted by Crippen LogP contribution is -2.20. The molecule has 1 aliphatic rings. The molecule has 0 saturated carbocycles. The zero-order chi connectivity index (χ0) is 12.8. The number of hydrogen-bond acceptors (Lipinski definition) is 4. The zero-order valence-electron chi connectivity index (χ0n) is 10.3. The van der Waals surface area contributed by atoms with Crippen LogP contribution < -0.4 is 10.5 Å². The average molecular weight is 269 g/mol. The lowest BCUT2D eigenvalue weighted by Gasteiger charge is -2.10. The predicted octanol–water partition coefficient (Wildman–Crippen LogP) is 1.58. The molecule has 0 bridgehead atoms. The van der Waals surface area contributed by atoms with Crippen molar-refractivity contribution in [2.24, 2.45) is 0 Å². The highest BCUT2D eigenvalue weighted by Crippen LogP contribution is 2.15. The van der Waals surface area contributed by atoms with E-state index in [1.807, 2.05) is 18.2 Å². The first-order chi connectivity index (χ1) is 8.74. The molecule has 2 rings (SSSR count). The molecule has 1 aliphatic heterocycles. The Kier molecular flexibility index (Phi) is 5.01. The number of ether oxygens (including phenoxy) is 2. The van der Waals surface area contributed by atoms with Gasteiger partial charge in [-0.2, -0.15) is 0 Å². The van der Waals surface area contributed by atoms with Crippen molar-refractivity contribution in [2.45, 2.75) is 18.9 Å². The van der Waals surface area contributed by atoms with E-state index in [1.165, 1.54) is 0 Å². The fourth-order valence-corrected chi connectivity index (χ4v) is 3.04. The van der Waals surface area contributed by atoms with Gasteiger partial charge < -0.3 is 15.2 Å². The molecule has 2 N–H and O–H groups in total. The van der Waals surface area contributed by atoms with Crippen molar-refractivity contribution in [1.29, 1.82) is 0 Å². The summed E-state index contributed by atoms with van der Waals surface area (Å²) in [4.78, 5) is 0. The Morgan fingerprint density at radius 1 is 1.50 bits per heavy atom. The summed E-state index contributed by atoms with van der Waals surface area (Å²) >= 11 is 0. The van der Waals surface area contributed by atoms with Crippen molar-refractivity contribution in [3.8, 4) is 5.75 Å². The predicted molar refractivity (Wildman–Crippen MR) is 73.2 cm³/mol. The summed E-state index contributed by atoms with van der Waals surface area (Å²) in [6, 6.07) is 7.26. The maximum atomic E-state index is 11.8. The quantitative estimate of drug-likeness (QED) is 0.796. The van der Waals surface area contributed by atoms with Crippen LogP contribution in [0.3, 0.4) is 0 Å². The summed E-state index contributed by atoms with van der Waals surface area (Å²) in [6.07, 6.45) is 2.29. The molecule has 0 amide bonds. The Balaban J connectivity index is 1.66. The van der Waals surface area contributed by atoms with Crippen LogP contribution in [0, 0.1) is 0 Å². The van der Waals surface area contributed by atoms with E-state index in [2.05, 4.69) is 0 Å². The lowest BCUT2D eigenvalue weighted by atomic mass is 10.3. The van der Waals surface area contributed by atoms with E-state index >= 15 is 0 Å². The van der Waals surface area contributed by atoms with Crippen LogP contribution in [0.1, 0.15) is 12.8 Å². The van der Waals surface area contributed by atoms with Crippen LogP contribution in [0.15, 0.2) is 24.3 Å². The Bertz CT molecular complexity index is 405. The Labute approximate surface area is 110 Å². The highest BCUT2D eigenvalue weighted by atomic mass is 32.2. The normalized spacial score (nSPS) is 20.8. The van der Waals surface area contributed by atoms with E-state index in [0.717, 1.165) is 25.2 Å². The maximum absolute atomic E-state index is 11.8. The average Bonchev–Trinajstić information content (AvgIpc) is 2.82. The molecule has 0 aliphatic carbocycles. The summed E-state index contributed by atoms with van der Waals surface area (Å²) < 4.78 is 22.7. The lowest BCUT2D eigenvalue weighted by molar-refractivity contribution is 0.128. The summed E-state index contributed by atoms with van der Waals surface area (Å²) in [6.45, 7) is 1.25. The highest BCUT2D eigenvalue weighted by Gasteiger charge is 2.18. The van der Waals surface area contributed by atoms with Crippen molar-refractivity contribution in [3.05, 3.63) is 24.3 Å². The molecule has 2 unspecified atom stereocenters. The van der Waals surface area contributed by atoms with Crippen molar-refractivity contribution in [1.82, 2.24) is 0 Å². The second-order valence-electron chi connectivity index (χ2n) is 4.37. The van der Waals surface area contributed by atoms with Gasteiger partial charge in [0.15, 0.2) is 0 Å². The van der Waals surface area contributed by atoms with Gasteiger partial charge in [-0.25, -0.2) is 0 Å². The monoisotopic (exact) mass is 269 g/mol. The summed E-state index contributed by atoms with van der Waals surface area (Å²) in [5.41, 5.74) is 6.32. The largest absolute Gasteiger partial charge is 0.493 e. The molecule has 5 heteroatoms. The number of anilines is 1. The van der Waals surface area contributed by atoms with E-state index in [1.54, 1.807) is 6.07 Å². The Hall–Kier alpha value is -1.07. The van der Waals surface area contributed by atoms with E-state index in [4.69, 9.17) is 15.2 Å². The van der Waals surface area contributed by atoms with Gasteiger partial charge in [0.1, 0.15) is 5.75 Å². The number of rotatable bonds is 6. The van der Waals surface area contributed by atoms with Crippen LogP contribution in [0.25, 0.3) is 0 Å². The van der Waals surface area contributed by atoms with Crippen molar-refractivity contribution >= 4 is 16.5 Å². The fourth-order valence-electron chi connectivity index (χ4n) is 1.92. The molecule has 1 saturated heterocycles. The summed E-state index contributed by atoms with van der Waals surface area (Å²) in [7, 11) is -0.870. The van der Waals surface area contributed by atoms with Gasteiger partial charge in [-0.05, 0) is 25.0 Å². The van der Waals surface area contributed by atoms with Gasteiger partial charge >= 0.3 is 0 Å². The van der Waals surface area contributed by atoms with Crippen molar-refractivity contribution in [2.75, 3.05) is 30.5 Å². The molecular formula is C13H19NO3S. The van der Waals surface area contributed by atoms with E-state index in [9.17, 15) is 4.21 Å². The number of benzene rings is 1. The SMILES string of the molecule is Nc1cccc(OCCS(=O)CC2CCCO2)c1. The topological polar surface area (TPSA) is 61.5 Å². The van der Waals surface area contributed by atoms with Gasteiger partial charge in [-0.3, -0.25) is 4.21 Å². The van der Waals surface area contributed by atoms with Crippen LogP contribution in [0.4, 0.5) is 5.69 Å². The van der Waals surface area contributed by atoms with Gasteiger partial charge in [0.05, 0.1) is 18.5 Å². The summed E-state index contributed by atoms with van der Waals surface area (Å²) in [5, 5.41) is 0. The van der Waals surface area contributed by atoms with Gasteiger partial charge in [-0.15, -0.1) is 0 Å². The van der Waals surface area contributed by atoms with Crippen LogP contribution in [0.5, 0.6) is 5.75 Å². The van der Waals surface area contributed by atoms with Gasteiger partial charge in [-0.1, -0.05) is 6.07 Å². The van der Waals surface area contributed by atoms with E-state index in [0.29, 0.717) is 23.8 Å². The Morgan fingerprint density at radius 2 is 2.39 bits per heavy atom. The molecule has 1 fully saturated rings. The van der Waals surface area contributed by atoms with E-state index in [-0.39, 0.29) is 6.10 Å². The first kappa shape index (κ1) is 13.4. The number of hydrogen-bond donors (Lipinski definition) is 1. The molecular weight excluding hydrogens is 250 g/mol. The molecule has 18 heavy (non-hydrogen) atoms. The van der Waals surface area contributed by atoms with Gasteiger partial charge in [0, 0.05) is 34.9 Å². The molecule has 1 aromatic carbocycles. The molecule has 0 radical (unpaired) electrons. The minimum absolute atomic E-state index is 0.179. The molecule has 4 nitrogen and oxygen atoms in total. The fraction of sp³-hybridized carbons (Fsp3) is 0.538. The molecule has 1 heterocycles. The molecule has 1 aromatic rings. The van der Waals surface area contributed by atoms with Crippen LogP contribution >= 0.6 is 0 Å². The van der Waals surface area contributed by atoms with Gasteiger partial charge in [0.2, 0.25) is 0 Å². The zero-order valence-corrected chi connectivity index (χ0v) is 11.2. The van der Waals surface area contributed by atoms with E-state index < -0.39 is 10.8 Å². The number of nitrogens with two attached hydrogens (primary N) is 1.